The van der Waals surface area contributed by atoms with Gasteiger partial charge in [0.15, 0.2) is 0 Å². The van der Waals surface area contributed by atoms with Crippen molar-refractivity contribution < 1.29 is 9.63 Å². The number of aryl methyl sites for hydroxylation is 1. The predicted molar refractivity (Wildman–Crippen MR) is 64.2 cm³/mol. The van der Waals surface area contributed by atoms with Crippen molar-refractivity contribution in [2.24, 2.45) is 0 Å². The molecule has 3 nitrogen and oxygen atoms in total. The molecule has 0 aliphatic heterocycles. The molecule has 0 aliphatic rings. The summed E-state index contributed by atoms with van der Waals surface area (Å²) in [5.41, 5.74) is 3.74. The van der Waals surface area contributed by atoms with Gasteiger partial charge in [0.05, 0.1) is 0 Å². The van der Waals surface area contributed by atoms with E-state index in [0.29, 0.717) is 18.8 Å². The Balaban J connectivity index is 2.09. The minimum absolute atomic E-state index is 0.235. The van der Waals surface area contributed by atoms with E-state index in [1.807, 2.05) is 18.2 Å². The van der Waals surface area contributed by atoms with Gasteiger partial charge >= 0.3 is 5.97 Å². The Bertz CT molecular complexity index is 303. The number of rotatable bonds is 7. The predicted octanol–water partition coefficient (Wildman–Crippen LogP) is 2.30. The first-order valence-corrected chi connectivity index (χ1v) is 5.89. The Labute approximate surface area is 101 Å². The first-order chi connectivity index (χ1) is 7.83. The van der Waals surface area contributed by atoms with Gasteiger partial charge in [-0.15, -0.1) is 11.6 Å². The average Bonchev–Trinajstić information content (AvgIpc) is 2.31. The molecular weight excluding hydrogens is 226 g/mol. The molecule has 0 spiro atoms. The first-order valence-electron chi connectivity index (χ1n) is 5.35. The Morgan fingerprint density at radius 2 is 2.06 bits per heavy atom. The van der Waals surface area contributed by atoms with Crippen LogP contribution in [0.25, 0.3) is 0 Å². The van der Waals surface area contributed by atoms with Crippen LogP contribution in [-0.4, -0.2) is 18.4 Å². The zero-order valence-corrected chi connectivity index (χ0v) is 9.87. The van der Waals surface area contributed by atoms with Crippen LogP contribution in [0.2, 0.25) is 0 Å². The number of carbonyl (C=O) groups is 1. The number of halogens is 1. The van der Waals surface area contributed by atoms with Crippen LogP contribution in [0.1, 0.15) is 18.4 Å². The number of alkyl halides is 1. The van der Waals surface area contributed by atoms with Crippen LogP contribution in [0.5, 0.6) is 0 Å². The first kappa shape index (κ1) is 13.0. The van der Waals surface area contributed by atoms with E-state index >= 15 is 0 Å². The van der Waals surface area contributed by atoms with Crippen molar-refractivity contribution in [3.05, 3.63) is 35.9 Å². The number of hydroxylamine groups is 1. The summed E-state index contributed by atoms with van der Waals surface area (Å²) in [6.45, 7) is 0.478. The third-order valence-corrected chi connectivity index (χ3v) is 2.26. The van der Waals surface area contributed by atoms with Crippen molar-refractivity contribution in [1.82, 2.24) is 5.48 Å². The van der Waals surface area contributed by atoms with E-state index in [1.54, 1.807) is 0 Å². The minimum Gasteiger partial charge on any atom is -0.371 e. The molecule has 16 heavy (non-hydrogen) atoms. The largest absolute Gasteiger partial charge is 0.371 e. The van der Waals surface area contributed by atoms with E-state index in [1.165, 1.54) is 5.56 Å². The average molecular weight is 242 g/mol. The molecule has 0 saturated heterocycles. The highest BCUT2D eigenvalue weighted by atomic mass is 35.5. The molecule has 0 aromatic heterocycles. The van der Waals surface area contributed by atoms with Gasteiger partial charge in [0.25, 0.3) is 0 Å². The minimum atomic E-state index is -0.235. The van der Waals surface area contributed by atoms with Gasteiger partial charge < -0.3 is 4.84 Å². The van der Waals surface area contributed by atoms with E-state index in [2.05, 4.69) is 17.6 Å². The summed E-state index contributed by atoms with van der Waals surface area (Å²) in [6.07, 6.45) is 2.11. The maximum Gasteiger partial charge on any atom is 0.324 e. The second-order valence-corrected chi connectivity index (χ2v) is 3.77. The van der Waals surface area contributed by atoms with Crippen molar-refractivity contribution in [3.8, 4) is 0 Å². The van der Waals surface area contributed by atoms with Crippen molar-refractivity contribution >= 4 is 17.6 Å². The van der Waals surface area contributed by atoms with Crippen LogP contribution >= 0.6 is 11.6 Å². The second-order valence-electron chi connectivity index (χ2n) is 3.40. The molecule has 0 amide bonds. The van der Waals surface area contributed by atoms with Crippen LogP contribution < -0.4 is 5.48 Å². The topological polar surface area (TPSA) is 38.3 Å². The molecule has 0 radical (unpaired) electrons. The highest BCUT2D eigenvalue weighted by Gasteiger charge is 2.02. The molecule has 0 aliphatic carbocycles. The maximum atomic E-state index is 11.2. The Kier molecular flexibility index (Phi) is 6.61. The lowest BCUT2D eigenvalue weighted by Gasteiger charge is -2.04. The molecule has 0 saturated carbocycles. The molecule has 1 aromatic carbocycles. The number of nitrogens with one attached hydrogen (secondary N) is 1. The molecule has 1 N–H and O–H groups in total. The van der Waals surface area contributed by atoms with Gasteiger partial charge in [-0.2, -0.15) is 5.48 Å². The van der Waals surface area contributed by atoms with Gasteiger partial charge in [-0.1, -0.05) is 30.3 Å². The lowest BCUT2D eigenvalue weighted by Crippen LogP contribution is -2.21. The van der Waals surface area contributed by atoms with E-state index in [9.17, 15) is 4.79 Å². The zero-order chi connectivity index (χ0) is 11.6. The smallest absolute Gasteiger partial charge is 0.324 e. The molecule has 1 rings (SSSR count). The zero-order valence-electron chi connectivity index (χ0n) is 9.12. The summed E-state index contributed by atoms with van der Waals surface area (Å²) in [7, 11) is 0. The molecule has 1 aromatic rings. The number of carbonyl (C=O) groups excluding carboxylic acids is 1. The fourth-order valence-electron chi connectivity index (χ4n) is 1.30. The summed E-state index contributed by atoms with van der Waals surface area (Å²) in [5.74, 6) is 0.193. The molecular formula is C12H16ClNO2. The third-order valence-electron chi connectivity index (χ3n) is 2.07. The Morgan fingerprint density at radius 1 is 1.31 bits per heavy atom. The summed E-state index contributed by atoms with van der Waals surface area (Å²) >= 11 is 5.42. The summed E-state index contributed by atoms with van der Waals surface area (Å²) in [6, 6.07) is 10.1. The van der Waals surface area contributed by atoms with Gasteiger partial charge in [0.1, 0.15) is 0 Å². The number of benzene rings is 1. The molecule has 0 unspecified atom stereocenters. The number of hydrogen-bond donors (Lipinski definition) is 1. The number of hydrogen-bond acceptors (Lipinski definition) is 3. The molecule has 0 heterocycles. The molecule has 0 bridgehead atoms. The summed E-state index contributed by atoms with van der Waals surface area (Å²) < 4.78 is 0. The quantitative estimate of drug-likeness (QED) is 0.452. The van der Waals surface area contributed by atoms with Gasteiger partial charge in [-0.3, -0.25) is 4.79 Å². The van der Waals surface area contributed by atoms with E-state index in [-0.39, 0.29) is 5.97 Å². The highest BCUT2D eigenvalue weighted by Crippen LogP contribution is 2.04. The SMILES string of the molecule is O=C(CCCc1ccccc1)ONCCCl. The van der Waals surface area contributed by atoms with Crippen molar-refractivity contribution in [2.75, 3.05) is 12.4 Å². The summed E-state index contributed by atoms with van der Waals surface area (Å²) in [4.78, 5) is 15.9. The van der Waals surface area contributed by atoms with Crippen LogP contribution in [0.4, 0.5) is 0 Å². The summed E-state index contributed by atoms with van der Waals surface area (Å²) in [5, 5.41) is 0. The Morgan fingerprint density at radius 3 is 2.75 bits per heavy atom. The van der Waals surface area contributed by atoms with Crippen LogP contribution in [-0.2, 0) is 16.1 Å². The maximum absolute atomic E-state index is 11.2. The highest BCUT2D eigenvalue weighted by molar-refractivity contribution is 6.18. The van der Waals surface area contributed by atoms with Gasteiger partial charge in [-0.05, 0) is 18.4 Å². The van der Waals surface area contributed by atoms with Gasteiger partial charge in [0.2, 0.25) is 0 Å². The van der Waals surface area contributed by atoms with Gasteiger partial charge in [-0.25, -0.2) is 0 Å². The van der Waals surface area contributed by atoms with Gasteiger partial charge in [0, 0.05) is 18.8 Å². The third kappa shape index (κ3) is 5.73. The monoisotopic (exact) mass is 241 g/mol. The van der Waals surface area contributed by atoms with Crippen molar-refractivity contribution in [2.45, 2.75) is 19.3 Å². The fourth-order valence-corrected chi connectivity index (χ4v) is 1.38. The molecule has 0 atom stereocenters. The van der Waals surface area contributed by atoms with Crippen molar-refractivity contribution in [1.29, 1.82) is 0 Å². The van der Waals surface area contributed by atoms with Crippen molar-refractivity contribution in [3.63, 3.8) is 0 Å². The van der Waals surface area contributed by atoms with Crippen LogP contribution in [0, 0.1) is 0 Å². The Hall–Kier alpha value is -1.06. The van der Waals surface area contributed by atoms with E-state index in [0.717, 1.165) is 12.8 Å². The molecule has 0 fully saturated rings. The van der Waals surface area contributed by atoms with E-state index in [4.69, 9.17) is 16.4 Å². The van der Waals surface area contributed by atoms with E-state index < -0.39 is 0 Å². The van der Waals surface area contributed by atoms with Crippen LogP contribution in [0.3, 0.4) is 0 Å². The normalized spacial score (nSPS) is 10.1. The lowest BCUT2D eigenvalue weighted by atomic mass is 10.1. The molecule has 4 heteroatoms. The fraction of sp³-hybridized carbons (Fsp3) is 0.417. The second kappa shape index (κ2) is 8.13. The standard InChI is InChI=1S/C12H16ClNO2/c13-9-10-14-16-12(15)8-4-7-11-5-2-1-3-6-11/h1-3,5-6,14H,4,7-10H2. The lowest BCUT2D eigenvalue weighted by molar-refractivity contribution is -0.150. The molecule has 88 valence electrons. The van der Waals surface area contributed by atoms with Crippen LogP contribution in [0.15, 0.2) is 30.3 Å².